The van der Waals surface area contributed by atoms with Crippen LogP contribution in [-0.4, -0.2) is 13.1 Å². The van der Waals surface area contributed by atoms with E-state index in [4.69, 9.17) is 0 Å². The van der Waals surface area contributed by atoms with Crippen LogP contribution in [0.1, 0.15) is 12.0 Å². The topological polar surface area (TPSA) is 26.3 Å². The monoisotopic (exact) mass is 264 g/mol. The molecular weight excluding hydrogens is 251 g/mol. The van der Waals surface area contributed by atoms with E-state index in [9.17, 15) is 9.18 Å². The molecule has 0 amide bonds. The Morgan fingerprint density at radius 2 is 2.28 bits per heavy atom. The molecule has 1 aromatic carbocycles. The zero-order valence-corrected chi connectivity index (χ0v) is 10.8. The molecule has 2 aromatic rings. The van der Waals surface area contributed by atoms with E-state index in [1.165, 1.54) is 23.3 Å². The first-order valence-corrected chi connectivity index (χ1v) is 6.49. The predicted molar refractivity (Wildman–Crippen MR) is 71.4 cm³/mol. The van der Waals surface area contributed by atoms with E-state index in [-0.39, 0.29) is 0 Å². The van der Waals surface area contributed by atoms with Crippen LogP contribution in [0.3, 0.4) is 0 Å². The number of fused-ring (bicyclic) bond motifs is 1. The van der Waals surface area contributed by atoms with E-state index in [1.807, 2.05) is 11.4 Å². The molecule has 0 N–H and O–H groups in total. The molecule has 94 valence electrons. The van der Waals surface area contributed by atoms with Gasteiger partial charge >= 0.3 is 5.97 Å². The lowest BCUT2D eigenvalue weighted by Gasteiger charge is -1.99. The smallest absolute Gasteiger partial charge is 0.366 e. The van der Waals surface area contributed by atoms with Crippen LogP contribution in [0.4, 0.5) is 4.39 Å². The third kappa shape index (κ3) is 2.96. The molecule has 18 heavy (non-hydrogen) atoms. The van der Waals surface area contributed by atoms with Crippen molar-refractivity contribution in [3.63, 3.8) is 0 Å². The Hall–Kier alpha value is -1.68. The van der Waals surface area contributed by atoms with E-state index < -0.39 is 11.8 Å². The number of esters is 1. The highest BCUT2D eigenvalue weighted by atomic mass is 32.1. The van der Waals surface area contributed by atoms with E-state index in [0.717, 1.165) is 5.56 Å². The highest BCUT2D eigenvalue weighted by molar-refractivity contribution is 7.17. The fraction of sp³-hybridized carbons (Fsp3) is 0.214. The van der Waals surface area contributed by atoms with Gasteiger partial charge in [-0.2, -0.15) is 4.39 Å². The number of aryl methyl sites for hydroxylation is 1. The van der Waals surface area contributed by atoms with Crippen LogP contribution in [-0.2, 0) is 16.0 Å². The number of thiophene rings is 1. The summed E-state index contributed by atoms with van der Waals surface area (Å²) in [6.45, 7) is 0. The second kappa shape index (κ2) is 5.78. The van der Waals surface area contributed by atoms with Gasteiger partial charge in [0.15, 0.2) is 0 Å². The van der Waals surface area contributed by atoms with Gasteiger partial charge in [0, 0.05) is 4.70 Å². The predicted octanol–water partition coefficient (Wildman–Crippen LogP) is 3.86. The van der Waals surface area contributed by atoms with Crippen molar-refractivity contribution in [1.82, 2.24) is 0 Å². The molecule has 2 nitrogen and oxygen atoms in total. The number of halogens is 1. The lowest BCUT2D eigenvalue weighted by Crippen LogP contribution is -2.00. The van der Waals surface area contributed by atoms with E-state index in [2.05, 4.69) is 22.9 Å². The summed E-state index contributed by atoms with van der Waals surface area (Å²) >= 11 is 1.70. The average molecular weight is 264 g/mol. The van der Waals surface area contributed by atoms with Crippen LogP contribution in [0, 0.1) is 0 Å². The minimum absolute atomic E-state index is 0.483. The van der Waals surface area contributed by atoms with Crippen LogP contribution in [0.15, 0.2) is 41.5 Å². The normalized spacial score (nSPS) is 11.8. The van der Waals surface area contributed by atoms with Gasteiger partial charge in [-0.25, -0.2) is 4.79 Å². The minimum atomic E-state index is -0.914. The van der Waals surface area contributed by atoms with Crippen LogP contribution >= 0.6 is 11.3 Å². The summed E-state index contributed by atoms with van der Waals surface area (Å²) in [4.78, 5) is 10.8. The van der Waals surface area contributed by atoms with Crippen molar-refractivity contribution in [2.24, 2.45) is 0 Å². The Balaban J connectivity index is 1.99. The van der Waals surface area contributed by atoms with Crippen molar-refractivity contribution in [1.29, 1.82) is 0 Å². The molecule has 0 unspecified atom stereocenters. The summed E-state index contributed by atoms with van der Waals surface area (Å²) in [6.07, 6.45) is 2.45. The molecule has 4 heteroatoms. The van der Waals surface area contributed by atoms with Crippen molar-refractivity contribution in [2.75, 3.05) is 7.11 Å². The number of rotatable bonds is 4. The molecule has 0 spiro atoms. The number of ether oxygens (including phenoxy) is 1. The largest absolute Gasteiger partial charge is 0.464 e. The lowest BCUT2D eigenvalue weighted by atomic mass is 10.1. The Kier molecular flexibility index (Phi) is 4.10. The van der Waals surface area contributed by atoms with Gasteiger partial charge in [-0.05, 0) is 47.4 Å². The van der Waals surface area contributed by atoms with Crippen LogP contribution in [0.25, 0.3) is 10.1 Å². The van der Waals surface area contributed by atoms with Gasteiger partial charge in [0.2, 0.25) is 5.83 Å². The molecule has 0 saturated carbocycles. The van der Waals surface area contributed by atoms with Crippen LogP contribution in [0.5, 0.6) is 0 Å². The highest BCUT2D eigenvalue weighted by Crippen LogP contribution is 2.22. The molecule has 0 atom stereocenters. The molecule has 0 saturated heterocycles. The van der Waals surface area contributed by atoms with Crippen LogP contribution in [0.2, 0.25) is 0 Å². The molecule has 1 heterocycles. The zero-order chi connectivity index (χ0) is 13.0. The van der Waals surface area contributed by atoms with Gasteiger partial charge in [-0.1, -0.05) is 12.1 Å². The fourth-order valence-corrected chi connectivity index (χ4v) is 2.49. The number of carbonyl (C=O) groups excluding carboxylic acids is 1. The first-order chi connectivity index (χ1) is 8.70. The highest BCUT2D eigenvalue weighted by Gasteiger charge is 2.06. The molecule has 2 rings (SSSR count). The Labute approximate surface area is 109 Å². The number of allylic oxidation sites excluding steroid dienone is 1. The molecule has 0 fully saturated rings. The maximum Gasteiger partial charge on any atom is 0.366 e. The van der Waals surface area contributed by atoms with Gasteiger partial charge in [-0.15, -0.1) is 11.3 Å². The third-order valence-electron chi connectivity index (χ3n) is 2.65. The summed E-state index contributed by atoms with van der Waals surface area (Å²) in [6, 6.07) is 8.25. The van der Waals surface area contributed by atoms with Gasteiger partial charge in [-0.3, -0.25) is 0 Å². The Bertz CT molecular complexity index is 586. The summed E-state index contributed by atoms with van der Waals surface area (Å²) in [5, 5.41) is 3.25. The SMILES string of the molecule is COC(=O)/C(F)=C/CCc1ccc2sccc2c1. The van der Waals surface area contributed by atoms with Crippen molar-refractivity contribution < 1.29 is 13.9 Å². The number of hydrogen-bond donors (Lipinski definition) is 0. The maximum atomic E-state index is 13.1. The first-order valence-electron chi connectivity index (χ1n) is 5.61. The summed E-state index contributed by atoms with van der Waals surface area (Å²) < 4.78 is 18.6. The van der Waals surface area contributed by atoms with Gasteiger partial charge in [0.1, 0.15) is 0 Å². The minimum Gasteiger partial charge on any atom is -0.464 e. The third-order valence-corrected chi connectivity index (χ3v) is 3.55. The lowest BCUT2D eigenvalue weighted by molar-refractivity contribution is -0.137. The second-order valence-corrected chi connectivity index (χ2v) is 4.82. The molecule has 0 aliphatic heterocycles. The molecule has 0 bridgehead atoms. The second-order valence-electron chi connectivity index (χ2n) is 3.88. The first kappa shape index (κ1) is 12.8. The van der Waals surface area contributed by atoms with Crippen molar-refractivity contribution in [2.45, 2.75) is 12.8 Å². The fourth-order valence-electron chi connectivity index (χ4n) is 1.72. The van der Waals surface area contributed by atoms with E-state index >= 15 is 0 Å². The number of hydrogen-bond acceptors (Lipinski definition) is 3. The molecule has 0 radical (unpaired) electrons. The van der Waals surface area contributed by atoms with Gasteiger partial charge in [0.05, 0.1) is 7.11 Å². The van der Waals surface area contributed by atoms with Crippen LogP contribution < -0.4 is 0 Å². The number of benzene rings is 1. The molecule has 0 aliphatic rings. The summed E-state index contributed by atoms with van der Waals surface area (Å²) in [5.74, 6) is -1.74. The Morgan fingerprint density at radius 1 is 1.44 bits per heavy atom. The van der Waals surface area contributed by atoms with Gasteiger partial charge in [0.25, 0.3) is 0 Å². The molecule has 0 aliphatic carbocycles. The number of methoxy groups -OCH3 is 1. The quantitative estimate of drug-likeness (QED) is 0.619. The van der Waals surface area contributed by atoms with Crippen molar-refractivity contribution >= 4 is 27.4 Å². The maximum absolute atomic E-state index is 13.1. The van der Waals surface area contributed by atoms with Crippen molar-refractivity contribution in [3.8, 4) is 0 Å². The summed E-state index contributed by atoms with van der Waals surface area (Å²) in [5.41, 5.74) is 1.13. The van der Waals surface area contributed by atoms with Gasteiger partial charge < -0.3 is 4.74 Å². The van der Waals surface area contributed by atoms with E-state index in [0.29, 0.717) is 12.8 Å². The molecular formula is C14H13FO2S. The van der Waals surface area contributed by atoms with Crippen molar-refractivity contribution in [3.05, 3.63) is 47.1 Å². The zero-order valence-electron chi connectivity index (χ0n) is 9.98. The number of carbonyl (C=O) groups is 1. The molecule has 1 aromatic heterocycles. The Morgan fingerprint density at radius 3 is 3.06 bits per heavy atom. The average Bonchev–Trinajstić information content (AvgIpc) is 2.85. The standard InChI is InChI=1S/C14H13FO2S/c1-17-14(16)12(15)4-2-3-10-5-6-13-11(9-10)7-8-18-13/h4-9H,2-3H2,1H3/b12-4-. The summed E-state index contributed by atoms with van der Waals surface area (Å²) in [7, 11) is 1.17. The van der Waals surface area contributed by atoms with E-state index in [1.54, 1.807) is 11.3 Å².